The van der Waals surface area contributed by atoms with Crippen molar-refractivity contribution in [2.45, 2.75) is 31.3 Å². The van der Waals surface area contributed by atoms with Gasteiger partial charge in [-0.15, -0.1) is 0 Å². The van der Waals surface area contributed by atoms with Crippen molar-refractivity contribution in [2.75, 3.05) is 13.1 Å². The van der Waals surface area contributed by atoms with E-state index in [2.05, 4.69) is 10.6 Å². The molecule has 0 saturated carbocycles. The number of carbonyl (C=O) groups is 4. The number of rotatable bonds is 4. The lowest BCUT2D eigenvalue weighted by Gasteiger charge is -2.16. The Kier molecular flexibility index (Phi) is 3.79. The van der Waals surface area contributed by atoms with Gasteiger partial charge in [-0.25, -0.2) is 0 Å². The Balaban J connectivity index is 1.94. The number of nitrogens with one attached hydrogen (secondary N) is 2. The third-order valence-corrected chi connectivity index (χ3v) is 3.25. The van der Waals surface area contributed by atoms with Crippen molar-refractivity contribution in [1.29, 1.82) is 0 Å². The minimum Gasteiger partial charge on any atom is -0.368 e. The lowest BCUT2D eigenvalue weighted by atomic mass is 10.2. The molecule has 0 spiro atoms. The van der Waals surface area contributed by atoms with E-state index < -0.39 is 30.3 Å². The highest BCUT2D eigenvalue weighted by Crippen LogP contribution is 2.13. The van der Waals surface area contributed by atoms with Crippen LogP contribution in [0.3, 0.4) is 0 Å². The minimum atomic E-state index is -0.887. The van der Waals surface area contributed by atoms with Gasteiger partial charge in [0.25, 0.3) is 5.91 Å². The van der Waals surface area contributed by atoms with E-state index in [1.54, 1.807) is 0 Å². The van der Waals surface area contributed by atoms with Crippen molar-refractivity contribution in [1.82, 2.24) is 15.5 Å². The second-order valence-corrected chi connectivity index (χ2v) is 4.70. The molecule has 0 aromatic rings. The Morgan fingerprint density at radius 1 is 1.42 bits per heavy atom. The molecular weight excluding hydrogens is 252 g/mol. The average molecular weight is 268 g/mol. The quantitative estimate of drug-likeness (QED) is 0.485. The zero-order chi connectivity index (χ0) is 14.0. The summed E-state index contributed by atoms with van der Waals surface area (Å²) in [6.45, 7) is 0.329. The van der Waals surface area contributed by atoms with Crippen LogP contribution >= 0.6 is 0 Å². The zero-order valence-electron chi connectivity index (χ0n) is 10.3. The summed E-state index contributed by atoms with van der Waals surface area (Å²) in [6.07, 6.45) is 1.50. The molecule has 4 N–H and O–H groups in total. The maximum absolute atomic E-state index is 11.9. The van der Waals surface area contributed by atoms with Crippen LogP contribution in [-0.4, -0.2) is 53.7 Å². The molecule has 2 fully saturated rings. The fourth-order valence-corrected chi connectivity index (χ4v) is 2.30. The third kappa shape index (κ3) is 2.90. The lowest BCUT2D eigenvalue weighted by molar-refractivity contribution is -0.142. The van der Waals surface area contributed by atoms with E-state index in [4.69, 9.17) is 5.73 Å². The van der Waals surface area contributed by atoms with E-state index in [-0.39, 0.29) is 18.4 Å². The van der Waals surface area contributed by atoms with Crippen LogP contribution in [0.5, 0.6) is 0 Å². The second-order valence-electron chi connectivity index (χ2n) is 4.70. The summed E-state index contributed by atoms with van der Waals surface area (Å²) in [5.74, 6) is -2.11. The first-order valence-electron chi connectivity index (χ1n) is 6.15. The highest BCUT2D eigenvalue weighted by molar-refractivity contribution is 6.08. The number of nitrogens with two attached hydrogens (primary N) is 1. The van der Waals surface area contributed by atoms with E-state index in [0.29, 0.717) is 6.42 Å². The zero-order valence-corrected chi connectivity index (χ0v) is 10.3. The first-order chi connectivity index (χ1) is 8.99. The summed E-state index contributed by atoms with van der Waals surface area (Å²) in [6, 6.07) is -1.20. The van der Waals surface area contributed by atoms with Crippen molar-refractivity contribution in [3.05, 3.63) is 0 Å². The van der Waals surface area contributed by atoms with Crippen LogP contribution in [0.2, 0.25) is 0 Å². The van der Waals surface area contributed by atoms with Crippen LogP contribution in [-0.2, 0) is 19.2 Å². The van der Waals surface area contributed by atoms with Gasteiger partial charge in [0.15, 0.2) is 0 Å². The van der Waals surface area contributed by atoms with E-state index in [9.17, 15) is 19.2 Å². The van der Waals surface area contributed by atoms with Gasteiger partial charge in [0.1, 0.15) is 12.6 Å². The summed E-state index contributed by atoms with van der Waals surface area (Å²) in [4.78, 5) is 46.8. The fraction of sp³-hybridized carbons (Fsp3) is 0.636. The summed E-state index contributed by atoms with van der Waals surface area (Å²) in [5, 5.41) is 5.54. The van der Waals surface area contributed by atoms with Crippen LogP contribution < -0.4 is 16.4 Å². The van der Waals surface area contributed by atoms with Gasteiger partial charge < -0.3 is 16.4 Å². The van der Waals surface area contributed by atoms with E-state index in [1.807, 2.05) is 0 Å². The van der Waals surface area contributed by atoms with Gasteiger partial charge in [0.2, 0.25) is 17.7 Å². The maximum atomic E-state index is 11.9. The summed E-state index contributed by atoms with van der Waals surface area (Å²) in [7, 11) is 0. The van der Waals surface area contributed by atoms with E-state index in [1.165, 1.54) is 0 Å². The van der Waals surface area contributed by atoms with Gasteiger partial charge in [0, 0.05) is 0 Å². The topological polar surface area (TPSA) is 122 Å². The fourth-order valence-electron chi connectivity index (χ4n) is 2.30. The van der Waals surface area contributed by atoms with Gasteiger partial charge >= 0.3 is 0 Å². The molecule has 0 aromatic heterocycles. The molecule has 0 aliphatic carbocycles. The molecule has 8 heteroatoms. The molecule has 2 heterocycles. The molecular formula is C11H16N4O4. The van der Waals surface area contributed by atoms with Gasteiger partial charge in [0.05, 0.1) is 12.5 Å². The van der Waals surface area contributed by atoms with Crippen LogP contribution in [0, 0.1) is 0 Å². The molecule has 2 aliphatic rings. The SMILES string of the molecule is NC(=O)CN1C(=O)C[C@@H](NC(=O)C2CCCN2)C1=O. The second kappa shape index (κ2) is 5.35. The number of hydrogen-bond donors (Lipinski definition) is 3. The van der Waals surface area contributed by atoms with Crippen molar-refractivity contribution < 1.29 is 19.2 Å². The third-order valence-electron chi connectivity index (χ3n) is 3.25. The first-order valence-corrected chi connectivity index (χ1v) is 6.15. The number of amides is 4. The van der Waals surface area contributed by atoms with Gasteiger partial charge in [-0.3, -0.25) is 24.1 Å². The number of imide groups is 1. The largest absolute Gasteiger partial charge is 0.368 e. The van der Waals surface area contributed by atoms with E-state index in [0.717, 1.165) is 17.9 Å². The van der Waals surface area contributed by atoms with Crippen LogP contribution in [0.4, 0.5) is 0 Å². The summed E-state index contributed by atoms with van der Waals surface area (Å²) in [5.41, 5.74) is 4.96. The Morgan fingerprint density at radius 2 is 2.16 bits per heavy atom. The highest BCUT2D eigenvalue weighted by atomic mass is 16.2. The monoisotopic (exact) mass is 268 g/mol. The van der Waals surface area contributed by atoms with E-state index >= 15 is 0 Å². The van der Waals surface area contributed by atoms with Crippen LogP contribution in [0.1, 0.15) is 19.3 Å². The molecule has 2 saturated heterocycles. The van der Waals surface area contributed by atoms with Crippen molar-refractivity contribution in [3.63, 3.8) is 0 Å². The number of primary amides is 1. The lowest BCUT2D eigenvalue weighted by Crippen LogP contribution is -2.48. The molecule has 104 valence electrons. The molecule has 19 heavy (non-hydrogen) atoms. The standard InChI is InChI=1S/C11H16N4O4/c12-8(16)5-15-9(17)4-7(11(15)19)14-10(18)6-2-1-3-13-6/h6-7,13H,1-5H2,(H2,12,16)(H,14,18)/t6?,7-/m1/s1. The molecule has 2 atom stereocenters. The Morgan fingerprint density at radius 3 is 2.74 bits per heavy atom. The van der Waals surface area contributed by atoms with Gasteiger partial charge in [-0.1, -0.05) is 0 Å². The van der Waals surface area contributed by atoms with Crippen LogP contribution in [0.15, 0.2) is 0 Å². The molecule has 2 aliphatic heterocycles. The first kappa shape index (κ1) is 13.5. The predicted molar refractivity (Wildman–Crippen MR) is 63.5 cm³/mol. The Hall–Kier alpha value is -1.96. The molecule has 2 rings (SSSR count). The van der Waals surface area contributed by atoms with Gasteiger partial charge in [-0.2, -0.15) is 0 Å². The number of carbonyl (C=O) groups excluding carboxylic acids is 4. The van der Waals surface area contributed by atoms with Crippen molar-refractivity contribution >= 4 is 23.6 Å². The predicted octanol–water partition coefficient (Wildman–Crippen LogP) is -2.53. The summed E-state index contributed by atoms with van der Waals surface area (Å²) < 4.78 is 0. The number of nitrogens with zero attached hydrogens (tertiary/aromatic N) is 1. The highest BCUT2D eigenvalue weighted by Gasteiger charge is 2.40. The summed E-state index contributed by atoms with van der Waals surface area (Å²) >= 11 is 0. The van der Waals surface area contributed by atoms with Crippen LogP contribution in [0.25, 0.3) is 0 Å². The van der Waals surface area contributed by atoms with Crippen molar-refractivity contribution in [2.24, 2.45) is 5.73 Å². The Labute approximate surface area is 109 Å². The van der Waals surface area contributed by atoms with Crippen molar-refractivity contribution in [3.8, 4) is 0 Å². The molecule has 0 radical (unpaired) electrons. The molecule has 4 amide bonds. The minimum absolute atomic E-state index is 0.120. The maximum Gasteiger partial charge on any atom is 0.252 e. The number of hydrogen-bond acceptors (Lipinski definition) is 5. The smallest absolute Gasteiger partial charge is 0.252 e. The Bertz CT molecular complexity index is 430. The number of likely N-dealkylation sites (tertiary alicyclic amines) is 1. The van der Waals surface area contributed by atoms with Gasteiger partial charge in [-0.05, 0) is 19.4 Å². The molecule has 1 unspecified atom stereocenters. The normalized spacial score (nSPS) is 26.8. The molecule has 0 bridgehead atoms. The molecule has 8 nitrogen and oxygen atoms in total. The molecule has 0 aromatic carbocycles. The average Bonchev–Trinajstić information content (AvgIpc) is 2.94.